The fourth-order valence-electron chi connectivity index (χ4n) is 3.40. The van der Waals surface area contributed by atoms with Gasteiger partial charge in [0.15, 0.2) is 0 Å². The van der Waals surface area contributed by atoms with Crippen LogP contribution < -0.4 is 5.32 Å². The van der Waals surface area contributed by atoms with E-state index < -0.39 is 5.95 Å². The molecule has 0 aromatic carbocycles. The van der Waals surface area contributed by atoms with E-state index in [4.69, 9.17) is 0 Å². The van der Waals surface area contributed by atoms with Gasteiger partial charge in [-0.3, -0.25) is 4.79 Å². The summed E-state index contributed by atoms with van der Waals surface area (Å²) in [6.45, 7) is 0.444. The number of aromatic nitrogens is 1. The number of carbonyl (C=O) groups is 1. The molecule has 2 saturated carbocycles. The van der Waals surface area contributed by atoms with Crippen molar-refractivity contribution in [3.05, 3.63) is 29.8 Å². The first-order valence-corrected chi connectivity index (χ1v) is 6.60. The molecule has 2 bridgehead atoms. The fraction of sp³-hybridized carbons (Fsp3) is 0.571. The van der Waals surface area contributed by atoms with Crippen LogP contribution in [-0.4, -0.2) is 10.9 Å². The molecule has 1 aromatic heterocycles. The van der Waals surface area contributed by atoms with Gasteiger partial charge in [0, 0.05) is 18.7 Å². The van der Waals surface area contributed by atoms with Crippen molar-refractivity contribution < 1.29 is 9.18 Å². The van der Waals surface area contributed by atoms with Gasteiger partial charge in [-0.1, -0.05) is 12.5 Å². The topological polar surface area (TPSA) is 42.0 Å². The number of fused-ring (bicyclic) bond motifs is 2. The van der Waals surface area contributed by atoms with Gasteiger partial charge in [0.2, 0.25) is 11.9 Å². The van der Waals surface area contributed by atoms with E-state index in [1.54, 1.807) is 6.07 Å². The minimum Gasteiger partial charge on any atom is -0.352 e. The summed E-state index contributed by atoms with van der Waals surface area (Å²) in [5, 5.41) is 2.94. The quantitative estimate of drug-likeness (QED) is 0.834. The van der Waals surface area contributed by atoms with E-state index in [1.165, 1.54) is 31.5 Å². The third kappa shape index (κ3) is 2.24. The van der Waals surface area contributed by atoms with Crippen LogP contribution in [0, 0.1) is 23.7 Å². The van der Waals surface area contributed by atoms with Crippen LogP contribution >= 0.6 is 0 Å². The summed E-state index contributed by atoms with van der Waals surface area (Å²) in [5.74, 6) is 1.25. The number of amides is 1. The number of pyridine rings is 1. The lowest BCUT2D eigenvalue weighted by Crippen LogP contribution is -2.33. The van der Waals surface area contributed by atoms with Gasteiger partial charge in [0.25, 0.3) is 0 Å². The average molecular weight is 248 g/mol. The highest BCUT2D eigenvalue weighted by atomic mass is 19.1. The normalized spacial score (nSPS) is 29.5. The van der Waals surface area contributed by atoms with E-state index in [-0.39, 0.29) is 11.8 Å². The highest BCUT2D eigenvalue weighted by molar-refractivity contribution is 5.79. The third-order valence-corrected chi connectivity index (χ3v) is 4.33. The molecule has 0 radical (unpaired) electrons. The van der Waals surface area contributed by atoms with E-state index in [2.05, 4.69) is 10.3 Å². The van der Waals surface area contributed by atoms with Gasteiger partial charge in [0.05, 0.1) is 0 Å². The number of rotatable bonds is 3. The van der Waals surface area contributed by atoms with Crippen molar-refractivity contribution in [2.45, 2.75) is 32.2 Å². The van der Waals surface area contributed by atoms with Gasteiger partial charge in [-0.2, -0.15) is 4.39 Å². The van der Waals surface area contributed by atoms with Gasteiger partial charge < -0.3 is 5.32 Å². The van der Waals surface area contributed by atoms with Crippen LogP contribution in [0.4, 0.5) is 4.39 Å². The van der Waals surface area contributed by atoms with Crippen molar-refractivity contribution in [3.8, 4) is 0 Å². The Kier molecular flexibility index (Phi) is 3.02. The van der Waals surface area contributed by atoms with Crippen molar-refractivity contribution in [2.75, 3.05) is 0 Å². The Morgan fingerprint density at radius 2 is 2.28 bits per heavy atom. The summed E-state index contributed by atoms with van der Waals surface area (Å²) < 4.78 is 12.6. The van der Waals surface area contributed by atoms with Crippen molar-refractivity contribution in [2.24, 2.45) is 17.8 Å². The molecule has 2 fully saturated rings. The Labute approximate surface area is 106 Å². The maximum Gasteiger partial charge on any atom is 0.223 e. The van der Waals surface area contributed by atoms with E-state index in [1.807, 2.05) is 0 Å². The molecule has 0 saturated heterocycles. The largest absolute Gasteiger partial charge is 0.352 e. The van der Waals surface area contributed by atoms with Crippen LogP contribution in [0.5, 0.6) is 0 Å². The number of hydrogen-bond donors (Lipinski definition) is 1. The molecule has 4 heteroatoms. The van der Waals surface area contributed by atoms with Crippen LogP contribution in [0.25, 0.3) is 0 Å². The van der Waals surface area contributed by atoms with Crippen LogP contribution in [-0.2, 0) is 11.3 Å². The first-order chi connectivity index (χ1) is 8.72. The predicted octanol–water partition coefficient (Wildman–Crippen LogP) is 2.27. The molecule has 3 rings (SSSR count). The molecule has 3 atom stereocenters. The zero-order valence-electron chi connectivity index (χ0n) is 10.2. The molecule has 3 unspecified atom stereocenters. The highest BCUT2D eigenvalue weighted by Crippen LogP contribution is 2.48. The molecular weight excluding hydrogens is 231 g/mol. The number of nitrogens with zero attached hydrogens (tertiary/aromatic N) is 1. The summed E-state index contributed by atoms with van der Waals surface area (Å²) in [7, 11) is 0. The Balaban J connectivity index is 1.54. The smallest absolute Gasteiger partial charge is 0.223 e. The SMILES string of the molecule is O=C(NCc1ccc(F)nc1)C1CC2CCC1C2. The van der Waals surface area contributed by atoms with Crippen molar-refractivity contribution in [1.29, 1.82) is 0 Å². The summed E-state index contributed by atoms with van der Waals surface area (Å²) >= 11 is 0. The maximum absolute atomic E-state index is 12.6. The van der Waals surface area contributed by atoms with E-state index in [0.29, 0.717) is 12.5 Å². The first kappa shape index (κ1) is 11.6. The molecule has 1 amide bonds. The monoisotopic (exact) mass is 248 g/mol. The Morgan fingerprint density at radius 3 is 2.89 bits per heavy atom. The second-order valence-electron chi connectivity index (χ2n) is 5.49. The van der Waals surface area contributed by atoms with Gasteiger partial charge >= 0.3 is 0 Å². The number of hydrogen-bond acceptors (Lipinski definition) is 2. The van der Waals surface area contributed by atoms with Crippen LogP contribution in [0.3, 0.4) is 0 Å². The van der Waals surface area contributed by atoms with Crippen LogP contribution in [0.2, 0.25) is 0 Å². The molecule has 0 spiro atoms. The minimum atomic E-state index is -0.488. The van der Waals surface area contributed by atoms with E-state index in [9.17, 15) is 9.18 Å². The molecule has 1 heterocycles. The second-order valence-corrected chi connectivity index (χ2v) is 5.49. The highest BCUT2D eigenvalue weighted by Gasteiger charge is 2.42. The number of nitrogens with one attached hydrogen (secondary N) is 1. The number of halogens is 1. The van der Waals surface area contributed by atoms with Crippen LogP contribution in [0.1, 0.15) is 31.2 Å². The zero-order valence-corrected chi connectivity index (χ0v) is 10.2. The zero-order chi connectivity index (χ0) is 12.5. The van der Waals surface area contributed by atoms with Gasteiger partial charge in [-0.05, 0) is 42.7 Å². The van der Waals surface area contributed by atoms with Crippen molar-refractivity contribution in [1.82, 2.24) is 10.3 Å². The van der Waals surface area contributed by atoms with Gasteiger partial charge in [0.1, 0.15) is 0 Å². The van der Waals surface area contributed by atoms with E-state index >= 15 is 0 Å². The molecule has 0 aliphatic heterocycles. The third-order valence-electron chi connectivity index (χ3n) is 4.33. The van der Waals surface area contributed by atoms with Crippen molar-refractivity contribution in [3.63, 3.8) is 0 Å². The summed E-state index contributed by atoms with van der Waals surface area (Å²) in [5.41, 5.74) is 0.841. The lowest BCUT2D eigenvalue weighted by atomic mass is 9.88. The second kappa shape index (κ2) is 4.67. The molecule has 2 aliphatic carbocycles. The Morgan fingerprint density at radius 1 is 1.39 bits per heavy atom. The summed E-state index contributed by atoms with van der Waals surface area (Å²) in [6.07, 6.45) is 6.27. The summed E-state index contributed by atoms with van der Waals surface area (Å²) in [6, 6.07) is 2.97. The first-order valence-electron chi connectivity index (χ1n) is 6.60. The molecule has 2 aliphatic rings. The minimum absolute atomic E-state index is 0.159. The lowest BCUT2D eigenvalue weighted by molar-refractivity contribution is -0.126. The predicted molar refractivity (Wildman–Crippen MR) is 65.0 cm³/mol. The summed E-state index contributed by atoms with van der Waals surface area (Å²) in [4.78, 5) is 15.6. The van der Waals surface area contributed by atoms with E-state index in [0.717, 1.165) is 17.9 Å². The molecular formula is C14H17FN2O. The van der Waals surface area contributed by atoms with Crippen LogP contribution in [0.15, 0.2) is 18.3 Å². The Hall–Kier alpha value is -1.45. The van der Waals surface area contributed by atoms with Gasteiger partial charge in [-0.15, -0.1) is 0 Å². The molecule has 18 heavy (non-hydrogen) atoms. The molecule has 3 nitrogen and oxygen atoms in total. The maximum atomic E-state index is 12.6. The standard InChI is InChI=1S/C14H17FN2O/c15-13-4-2-10(7-16-13)8-17-14(18)12-6-9-1-3-11(12)5-9/h2,4,7,9,11-12H,1,3,5-6,8H2,(H,17,18). The Bertz CT molecular complexity index is 446. The average Bonchev–Trinajstić information content (AvgIpc) is 3.00. The molecule has 96 valence electrons. The number of carbonyl (C=O) groups excluding carboxylic acids is 1. The fourth-order valence-corrected chi connectivity index (χ4v) is 3.40. The van der Waals surface area contributed by atoms with Crippen molar-refractivity contribution >= 4 is 5.91 Å². The lowest BCUT2D eigenvalue weighted by Gasteiger charge is -2.20. The van der Waals surface area contributed by atoms with Gasteiger partial charge in [-0.25, -0.2) is 4.98 Å². The molecule has 1 aromatic rings. The molecule has 1 N–H and O–H groups in total.